The number of benzene rings is 2. The molecule has 106 valence electrons. The summed E-state index contributed by atoms with van der Waals surface area (Å²) in [5, 5.41) is 0.890. The van der Waals surface area contributed by atoms with Crippen LogP contribution in [0.5, 0.6) is 17.2 Å². The predicted molar refractivity (Wildman–Crippen MR) is 83.8 cm³/mol. The SMILES string of the molecule is CCOc1ccc(Oc2cccc3c(N)ccnc23)cc1. The first-order chi connectivity index (χ1) is 10.3. The number of nitrogens with two attached hydrogens (primary N) is 1. The van der Waals surface area contributed by atoms with E-state index < -0.39 is 0 Å². The fourth-order valence-electron chi connectivity index (χ4n) is 2.15. The number of nitrogen functional groups attached to an aromatic ring is 1. The lowest BCUT2D eigenvalue weighted by Crippen LogP contribution is -1.93. The largest absolute Gasteiger partial charge is 0.494 e. The molecule has 0 saturated carbocycles. The number of para-hydroxylation sites is 1. The second-order valence-corrected chi connectivity index (χ2v) is 4.56. The number of hydrogen-bond donors (Lipinski definition) is 1. The van der Waals surface area contributed by atoms with Crippen LogP contribution < -0.4 is 15.2 Å². The number of pyridine rings is 1. The van der Waals surface area contributed by atoms with Gasteiger partial charge in [-0.15, -0.1) is 0 Å². The quantitative estimate of drug-likeness (QED) is 0.784. The normalized spacial score (nSPS) is 10.5. The van der Waals surface area contributed by atoms with Gasteiger partial charge in [-0.3, -0.25) is 4.98 Å². The Kier molecular flexibility index (Phi) is 3.60. The van der Waals surface area contributed by atoms with E-state index in [2.05, 4.69) is 4.98 Å². The van der Waals surface area contributed by atoms with Gasteiger partial charge in [0.25, 0.3) is 0 Å². The van der Waals surface area contributed by atoms with E-state index in [-0.39, 0.29) is 0 Å². The maximum absolute atomic E-state index is 5.96. The molecule has 2 N–H and O–H groups in total. The topological polar surface area (TPSA) is 57.4 Å². The molecule has 0 aliphatic heterocycles. The summed E-state index contributed by atoms with van der Waals surface area (Å²) in [5.41, 5.74) is 7.41. The lowest BCUT2D eigenvalue weighted by molar-refractivity contribution is 0.339. The van der Waals surface area contributed by atoms with Crippen molar-refractivity contribution >= 4 is 16.6 Å². The molecule has 2 aromatic carbocycles. The Hall–Kier alpha value is -2.75. The van der Waals surface area contributed by atoms with Crippen molar-refractivity contribution < 1.29 is 9.47 Å². The molecule has 0 bridgehead atoms. The van der Waals surface area contributed by atoms with Gasteiger partial charge in [-0.25, -0.2) is 0 Å². The molecule has 4 nitrogen and oxygen atoms in total. The van der Waals surface area contributed by atoms with E-state index >= 15 is 0 Å². The van der Waals surface area contributed by atoms with Gasteiger partial charge in [0.05, 0.1) is 6.61 Å². The third kappa shape index (κ3) is 2.74. The number of fused-ring (bicyclic) bond motifs is 1. The van der Waals surface area contributed by atoms with Gasteiger partial charge in [0.2, 0.25) is 0 Å². The van der Waals surface area contributed by atoms with Gasteiger partial charge >= 0.3 is 0 Å². The second-order valence-electron chi connectivity index (χ2n) is 4.56. The summed E-state index contributed by atoms with van der Waals surface area (Å²) < 4.78 is 11.3. The minimum atomic E-state index is 0.646. The lowest BCUT2D eigenvalue weighted by Gasteiger charge is -2.10. The number of rotatable bonds is 4. The summed E-state index contributed by atoms with van der Waals surface area (Å²) in [7, 11) is 0. The van der Waals surface area contributed by atoms with Crippen molar-refractivity contribution in [2.45, 2.75) is 6.92 Å². The molecule has 0 aliphatic rings. The maximum Gasteiger partial charge on any atom is 0.153 e. The molecule has 0 spiro atoms. The zero-order chi connectivity index (χ0) is 14.7. The number of hydrogen-bond acceptors (Lipinski definition) is 4. The van der Waals surface area contributed by atoms with Crippen molar-refractivity contribution in [3.05, 3.63) is 54.7 Å². The van der Waals surface area contributed by atoms with Gasteiger partial charge in [-0.2, -0.15) is 0 Å². The van der Waals surface area contributed by atoms with Crippen LogP contribution >= 0.6 is 0 Å². The Morgan fingerprint density at radius 1 is 1.00 bits per heavy atom. The van der Waals surface area contributed by atoms with Crippen LogP contribution in [0.4, 0.5) is 5.69 Å². The van der Waals surface area contributed by atoms with Crippen molar-refractivity contribution in [2.75, 3.05) is 12.3 Å². The molecule has 3 aromatic rings. The van der Waals surface area contributed by atoms with E-state index in [0.29, 0.717) is 18.0 Å². The van der Waals surface area contributed by atoms with E-state index in [1.54, 1.807) is 12.3 Å². The van der Waals surface area contributed by atoms with E-state index in [0.717, 1.165) is 22.4 Å². The molecule has 0 aliphatic carbocycles. The van der Waals surface area contributed by atoms with Gasteiger partial charge in [-0.1, -0.05) is 12.1 Å². The van der Waals surface area contributed by atoms with Crippen LogP contribution in [0.25, 0.3) is 10.9 Å². The predicted octanol–water partition coefficient (Wildman–Crippen LogP) is 4.01. The molecular formula is C17H16N2O2. The van der Waals surface area contributed by atoms with E-state index in [1.807, 2.05) is 49.4 Å². The van der Waals surface area contributed by atoms with Crippen molar-refractivity contribution in [1.82, 2.24) is 4.98 Å². The minimum Gasteiger partial charge on any atom is -0.494 e. The van der Waals surface area contributed by atoms with Crippen molar-refractivity contribution in [3.8, 4) is 17.2 Å². The second kappa shape index (κ2) is 5.71. The standard InChI is InChI=1S/C17H16N2O2/c1-2-20-12-6-8-13(9-7-12)21-16-5-3-4-14-15(18)10-11-19-17(14)16/h3-11H,2H2,1H3,(H2,18,19). The van der Waals surface area contributed by atoms with Crippen LogP contribution in [0.2, 0.25) is 0 Å². The fourth-order valence-corrected chi connectivity index (χ4v) is 2.15. The van der Waals surface area contributed by atoms with Crippen LogP contribution in [-0.4, -0.2) is 11.6 Å². The Morgan fingerprint density at radius 3 is 2.52 bits per heavy atom. The van der Waals surface area contributed by atoms with E-state index in [9.17, 15) is 0 Å². The van der Waals surface area contributed by atoms with Crippen LogP contribution in [0.15, 0.2) is 54.7 Å². The van der Waals surface area contributed by atoms with Crippen LogP contribution in [0, 0.1) is 0 Å². The molecule has 1 heterocycles. The molecule has 0 radical (unpaired) electrons. The Balaban J connectivity index is 1.93. The molecule has 1 aromatic heterocycles. The minimum absolute atomic E-state index is 0.646. The van der Waals surface area contributed by atoms with Crippen LogP contribution in [0.3, 0.4) is 0 Å². The van der Waals surface area contributed by atoms with Gasteiger partial charge < -0.3 is 15.2 Å². The number of aromatic nitrogens is 1. The van der Waals surface area contributed by atoms with Gasteiger partial charge in [-0.05, 0) is 43.3 Å². The molecule has 4 heteroatoms. The van der Waals surface area contributed by atoms with E-state index in [4.69, 9.17) is 15.2 Å². The van der Waals surface area contributed by atoms with Crippen molar-refractivity contribution in [1.29, 1.82) is 0 Å². The van der Waals surface area contributed by atoms with Gasteiger partial charge in [0, 0.05) is 17.3 Å². The number of nitrogens with zero attached hydrogens (tertiary/aromatic N) is 1. The summed E-state index contributed by atoms with van der Waals surface area (Å²) in [6.07, 6.45) is 1.68. The highest BCUT2D eigenvalue weighted by molar-refractivity contribution is 5.93. The zero-order valence-electron chi connectivity index (χ0n) is 11.7. The zero-order valence-corrected chi connectivity index (χ0v) is 11.7. The average Bonchev–Trinajstić information content (AvgIpc) is 2.51. The third-order valence-corrected chi connectivity index (χ3v) is 3.13. The molecule has 0 unspecified atom stereocenters. The van der Waals surface area contributed by atoms with Crippen LogP contribution in [0.1, 0.15) is 6.92 Å². The lowest BCUT2D eigenvalue weighted by atomic mass is 10.2. The average molecular weight is 280 g/mol. The molecule has 0 saturated heterocycles. The van der Waals surface area contributed by atoms with Gasteiger partial charge in [0.1, 0.15) is 17.0 Å². The summed E-state index contributed by atoms with van der Waals surface area (Å²) in [5.74, 6) is 2.24. The summed E-state index contributed by atoms with van der Waals surface area (Å²) in [6, 6.07) is 15.0. The first-order valence-corrected chi connectivity index (χ1v) is 6.82. The smallest absolute Gasteiger partial charge is 0.153 e. The fraction of sp³-hybridized carbons (Fsp3) is 0.118. The number of anilines is 1. The molecule has 3 rings (SSSR count). The van der Waals surface area contributed by atoms with Gasteiger partial charge in [0.15, 0.2) is 5.75 Å². The van der Waals surface area contributed by atoms with Crippen molar-refractivity contribution in [3.63, 3.8) is 0 Å². The maximum atomic E-state index is 5.96. The Labute approximate surface area is 123 Å². The first kappa shape index (κ1) is 13.2. The molecule has 0 fully saturated rings. The molecule has 0 atom stereocenters. The Morgan fingerprint density at radius 2 is 1.76 bits per heavy atom. The molecular weight excluding hydrogens is 264 g/mol. The summed E-state index contributed by atoms with van der Waals surface area (Å²) in [6.45, 7) is 2.60. The molecule has 0 amide bonds. The highest BCUT2D eigenvalue weighted by atomic mass is 16.5. The number of ether oxygens (including phenoxy) is 2. The summed E-state index contributed by atoms with van der Waals surface area (Å²) in [4.78, 5) is 4.36. The van der Waals surface area contributed by atoms with Crippen molar-refractivity contribution in [2.24, 2.45) is 0 Å². The monoisotopic (exact) mass is 280 g/mol. The summed E-state index contributed by atoms with van der Waals surface area (Å²) >= 11 is 0. The highest BCUT2D eigenvalue weighted by Gasteiger charge is 2.06. The molecule has 21 heavy (non-hydrogen) atoms. The van der Waals surface area contributed by atoms with E-state index in [1.165, 1.54) is 0 Å². The third-order valence-electron chi connectivity index (χ3n) is 3.13. The Bertz CT molecular complexity index is 754. The first-order valence-electron chi connectivity index (χ1n) is 6.82. The van der Waals surface area contributed by atoms with Crippen LogP contribution in [-0.2, 0) is 0 Å². The highest BCUT2D eigenvalue weighted by Crippen LogP contribution is 2.31.